The Kier molecular flexibility index (Phi) is 4.48. The van der Waals surface area contributed by atoms with Crippen LogP contribution in [0.15, 0.2) is 54.6 Å². The van der Waals surface area contributed by atoms with Crippen LogP contribution >= 0.6 is 11.5 Å². The maximum atomic E-state index is 14.1. The largest absolute Gasteiger partial charge is 0.462 e. The Morgan fingerprint density at radius 3 is 2.52 bits per heavy atom. The lowest BCUT2D eigenvalue weighted by Gasteiger charge is -2.06. The van der Waals surface area contributed by atoms with Gasteiger partial charge in [0.2, 0.25) is 0 Å². The van der Waals surface area contributed by atoms with Gasteiger partial charge in [0.1, 0.15) is 17.1 Å². The number of hydrogen-bond acceptors (Lipinski definition) is 4. The zero-order chi connectivity index (χ0) is 16.2. The van der Waals surface area contributed by atoms with Gasteiger partial charge in [-0.1, -0.05) is 42.5 Å². The highest BCUT2D eigenvalue weighted by molar-refractivity contribution is 7.10. The normalized spacial score (nSPS) is 10.5. The average molecular weight is 327 g/mol. The first-order valence-electron chi connectivity index (χ1n) is 7.19. The molecule has 0 aliphatic rings. The van der Waals surface area contributed by atoms with Crippen molar-refractivity contribution in [2.45, 2.75) is 6.92 Å². The van der Waals surface area contributed by atoms with Crippen molar-refractivity contribution in [2.75, 3.05) is 6.61 Å². The van der Waals surface area contributed by atoms with Crippen LogP contribution in [0.3, 0.4) is 0 Å². The Labute approximate surface area is 137 Å². The molecular formula is C18H14FNO2S. The molecule has 0 saturated heterocycles. The fourth-order valence-corrected chi connectivity index (χ4v) is 3.19. The number of esters is 1. The molecule has 3 nitrogen and oxygen atoms in total. The summed E-state index contributed by atoms with van der Waals surface area (Å²) in [7, 11) is 0. The number of rotatable bonds is 4. The highest BCUT2D eigenvalue weighted by Crippen LogP contribution is 2.36. The number of halogens is 1. The molecule has 1 heterocycles. The zero-order valence-electron chi connectivity index (χ0n) is 12.5. The smallest absolute Gasteiger partial charge is 0.341 e. The van der Waals surface area contributed by atoms with Crippen molar-refractivity contribution in [1.29, 1.82) is 0 Å². The summed E-state index contributed by atoms with van der Waals surface area (Å²) in [6.45, 7) is 1.99. The summed E-state index contributed by atoms with van der Waals surface area (Å²) < 4.78 is 23.6. The second-order valence-electron chi connectivity index (χ2n) is 4.80. The molecule has 23 heavy (non-hydrogen) atoms. The summed E-state index contributed by atoms with van der Waals surface area (Å²) in [5.41, 5.74) is 1.79. The van der Waals surface area contributed by atoms with Crippen molar-refractivity contribution < 1.29 is 13.9 Å². The predicted octanol–water partition coefficient (Wildman–Crippen LogP) is 4.79. The number of carbonyl (C=O) groups is 1. The van der Waals surface area contributed by atoms with E-state index in [0.717, 1.165) is 5.56 Å². The van der Waals surface area contributed by atoms with Gasteiger partial charge >= 0.3 is 5.97 Å². The molecule has 2 aromatic carbocycles. The third-order valence-corrected chi connectivity index (χ3v) is 4.23. The van der Waals surface area contributed by atoms with Gasteiger partial charge in [-0.2, -0.15) is 4.37 Å². The lowest BCUT2D eigenvalue weighted by Crippen LogP contribution is -2.07. The Morgan fingerprint density at radius 2 is 1.83 bits per heavy atom. The van der Waals surface area contributed by atoms with Crippen molar-refractivity contribution in [3.63, 3.8) is 0 Å². The number of aromatic nitrogens is 1. The summed E-state index contributed by atoms with van der Waals surface area (Å²) >= 11 is 1.17. The lowest BCUT2D eigenvalue weighted by molar-refractivity contribution is 0.0528. The van der Waals surface area contributed by atoms with Crippen LogP contribution in [0.25, 0.3) is 21.7 Å². The second-order valence-corrected chi connectivity index (χ2v) is 5.58. The van der Waals surface area contributed by atoms with Gasteiger partial charge in [0.15, 0.2) is 0 Å². The quantitative estimate of drug-likeness (QED) is 0.647. The Bertz CT molecular complexity index is 830. The summed E-state index contributed by atoms with van der Waals surface area (Å²) in [5, 5.41) is 0. The van der Waals surface area contributed by atoms with Gasteiger partial charge in [0.05, 0.1) is 11.5 Å². The summed E-state index contributed by atoms with van der Waals surface area (Å²) in [6.07, 6.45) is 0. The van der Waals surface area contributed by atoms with Crippen LogP contribution < -0.4 is 0 Å². The zero-order valence-corrected chi connectivity index (χ0v) is 13.3. The number of hydrogen-bond donors (Lipinski definition) is 0. The molecular weight excluding hydrogens is 313 g/mol. The highest BCUT2D eigenvalue weighted by Gasteiger charge is 2.25. The van der Waals surface area contributed by atoms with Gasteiger partial charge in [0, 0.05) is 5.56 Å². The van der Waals surface area contributed by atoms with Gasteiger partial charge in [-0.15, -0.1) is 0 Å². The Morgan fingerprint density at radius 1 is 1.13 bits per heavy atom. The molecule has 0 bridgehead atoms. The van der Waals surface area contributed by atoms with Crippen LogP contribution in [-0.4, -0.2) is 16.9 Å². The van der Waals surface area contributed by atoms with E-state index in [1.165, 1.54) is 17.6 Å². The van der Waals surface area contributed by atoms with E-state index in [1.54, 1.807) is 25.1 Å². The SMILES string of the molecule is CCOC(=O)c1c(-c2ccccc2F)nsc1-c1ccccc1. The van der Waals surface area contributed by atoms with Gasteiger partial charge in [-0.25, -0.2) is 9.18 Å². The topological polar surface area (TPSA) is 39.2 Å². The molecule has 1 aromatic heterocycles. The Hall–Kier alpha value is -2.53. The molecule has 3 rings (SSSR count). The molecule has 0 fully saturated rings. The maximum Gasteiger partial charge on any atom is 0.341 e. The first kappa shape index (κ1) is 15.4. The first-order chi connectivity index (χ1) is 11.2. The minimum atomic E-state index is -0.488. The minimum Gasteiger partial charge on any atom is -0.462 e. The highest BCUT2D eigenvalue weighted by atomic mass is 32.1. The van der Waals surface area contributed by atoms with Gasteiger partial charge in [0.25, 0.3) is 0 Å². The number of carbonyl (C=O) groups excluding carboxylic acids is 1. The van der Waals surface area contributed by atoms with E-state index >= 15 is 0 Å². The number of nitrogens with zero attached hydrogens (tertiary/aromatic N) is 1. The van der Waals surface area contributed by atoms with Crippen LogP contribution in [0.4, 0.5) is 4.39 Å². The molecule has 0 N–H and O–H groups in total. The van der Waals surface area contributed by atoms with E-state index in [0.29, 0.717) is 21.7 Å². The van der Waals surface area contributed by atoms with Gasteiger partial charge in [-0.05, 0) is 36.2 Å². The first-order valence-corrected chi connectivity index (χ1v) is 7.96. The summed E-state index contributed by atoms with van der Waals surface area (Å²) in [5.74, 6) is -0.902. The molecule has 116 valence electrons. The fourth-order valence-electron chi connectivity index (χ4n) is 2.31. The van der Waals surface area contributed by atoms with Crippen LogP contribution in [0.5, 0.6) is 0 Å². The molecule has 0 spiro atoms. The lowest BCUT2D eigenvalue weighted by atomic mass is 10.0. The molecule has 5 heteroatoms. The van der Waals surface area contributed by atoms with Gasteiger partial charge < -0.3 is 4.74 Å². The Balaban J connectivity index is 2.20. The number of ether oxygens (including phenoxy) is 1. The molecule has 0 atom stereocenters. The van der Waals surface area contributed by atoms with E-state index in [9.17, 15) is 9.18 Å². The van der Waals surface area contributed by atoms with E-state index in [-0.39, 0.29) is 6.61 Å². The van der Waals surface area contributed by atoms with Crippen LogP contribution in [0.1, 0.15) is 17.3 Å². The van der Waals surface area contributed by atoms with E-state index < -0.39 is 11.8 Å². The van der Waals surface area contributed by atoms with Crippen LogP contribution in [-0.2, 0) is 4.74 Å². The standard InChI is InChI=1S/C18H14FNO2S/c1-2-22-18(21)15-16(13-10-6-7-11-14(13)19)20-23-17(15)12-8-4-3-5-9-12/h3-11H,2H2,1H3. The summed E-state index contributed by atoms with van der Waals surface area (Å²) in [4.78, 5) is 13.1. The third kappa shape index (κ3) is 3.00. The monoisotopic (exact) mass is 327 g/mol. The van der Waals surface area contributed by atoms with Crippen molar-refractivity contribution >= 4 is 17.5 Å². The van der Waals surface area contributed by atoms with E-state index in [2.05, 4.69) is 4.37 Å². The van der Waals surface area contributed by atoms with Crippen LogP contribution in [0.2, 0.25) is 0 Å². The fraction of sp³-hybridized carbons (Fsp3) is 0.111. The van der Waals surface area contributed by atoms with Crippen molar-refractivity contribution in [3.05, 3.63) is 66.0 Å². The molecule has 0 unspecified atom stereocenters. The maximum absolute atomic E-state index is 14.1. The van der Waals surface area contributed by atoms with E-state index in [4.69, 9.17) is 4.74 Å². The van der Waals surface area contributed by atoms with Crippen LogP contribution in [0, 0.1) is 5.82 Å². The third-order valence-electron chi connectivity index (χ3n) is 3.34. The van der Waals surface area contributed by atoms with Crippen molar-refractivity contribution in [1.82, 2.24) is 4.37 Å². The van der Waals surface area contributed by atoms with Gasteiger partial charge in [-0.3, -0.25) is 0 Å². The average Bonchev–Trinajstić information content (AvgIpc) is 3.01. The molecule has 0 aliphatic heterocycles. The van der Waals surface area contributed by atoms with Crippen molar-refractivity contribution in [2.24, 2.45) is 0 Å². The molecule has 3 aromatic rings. The summed E-state index contributed by atoms with van der Waals surface area (Å²) in [6, 6.07) is 15.7. The predicted molar refractivity (Wildman–Crippen MR) is 88.9 cm³/mol. The molecule has 0 amide bonds. The minimum absolute atomic E-state index is 0.250. The molecule has 0 saturated carbocycles. The number of benzene rings is 2. The molecule has 0 aliphatic carbocycles. The van der Waals surface area contributed by atoms with E-state index in [1.807, 2.05) is 30.3 Å². The second kappa shape index (κ2) is 6.71. The molecule has 0 radical (unpaired) electrons. The van der Waals surface area contributed by atoms with Crippen molar-refractivity contribution in [3.8, 4) is 21.7 Å².